The van der Waals surface area contributed by atoms with Gasteiger partial charge in [-0.25, -0.2) is 38.4 Å². The molecule has 0 spiro atoms. The average molecular weight is 1100 g/mol. The number of hydrogen-bond donors (Lipinski definition) is 1. The standard InChI is InChI=1S/C56H73N5O10S4/c1-37-29-41(5)51(42(6)30-37)72(64,65)57-21-15-22-58(73(66,67)52-43(7)31-38(2)32-44(52)8)23-16-24-59(74(68,69)53-45(9)33-39(3)34-46(53)10)25-17-26-60(75(70,71)54-47(11)35-40(4)36-48(54)12)27-18-28-61-55(62)49-19-13-14-20-50(49)56(61)63/h13-14,19-20,29-36,57H,15-18,21-28H2,1-12H3. The van der Waals surface area contributed by atoms with E-state index < -0.39 is 51.9 Å². The lowest BCUT2D eigenvalue weighted by molar-refractivity contribution is 0.0650. The normalized spacial score (nSPS) is 13.5. The van der Waals surface area contributed by atoms with E-state index in [2.05, 4.69) is 4.72 Å². The van der Waals surface area contributed by atoms with Crippen LogP contribution < -0.4 is 4.72 Å². The number of imide groups is 1. The maximum atomic E-state index is 15.0. The number of amides is 2. The first-order valence-electron chi connectivity index (χ1n) is 25.3. The summed E-state index contributed by atoms with van der Waals surface area (Å²) in [5.74, 6) is -0.915. The zero-order chi connectivity index (χ0) is 55.5. The van der Waals surface area contributed by atoms with Crippen LogP contribution in [0.15, 0.2) is 92.4 Å². The number of carbonyl (C=O) groups is 2. The molecule has 5 aromatic rings. The molecule has 19 heteroatoms. The van der Waals surface area contributed by atoms with Crippen molar-refractivity contribution in [1.29, 1.82) is 0 Å². The number of nitrogens with one attached hydrogen (secondary N) is 1. The average Bonchev–Trinajstić information content (AvgIpc) is 3.51. The minimum atomic E-state index is -4.29. The van der Waals surface area contributed by atoms with Gasteiger partial charge in [-0.3, -0.25) is 14.5 Å². The van der Waals surface area contributed by atoms with E-state index in [1.807, 2.05) is 27.7 Å². The van der Waals surface area contributed by atoms with Crippen molar-refractivity contribution in [2.45, 2.75) is 128 Å². The molecule has 1 N–H and O–H groups in total. The van der Waals surface area contributed by atoms with Crippen LogP contribution in [0, 0.1) is 83.1 Å². The van der Waals surface area contributed by atoms with Crippen molar-refractivity contribution < 1.29 is 43.3 Å². The summed E-state index contributed by atoms with van der Waals surface area (Å²) in [6.07, 6.45) is 0.274. The predicted octanol–water partition coefficient (Wildman–Crippen LogP) is 8.60. The molecule has 0 radical (unpaired) electrons. The lowest BCUT2D eigenvalue weighted by Gasteiger charge is -2.29. The number of carbonyl (C=O) groups excluding carboxylic acids is 2. The summed E-state index contributed by atoms with van der Waals surface area (Å²) in [5.41, 5.74) is 8.51. The Balaban J connectivity index is 1.28. The highest BCUT2D eigenvalue weighted by Crippen LogP contribution is 2.31. The van der Waals surface area contributed by atoms with Crippen LogP contribution in [0.1, 0.15) is 113 Å². The summed E-state index contributed by atoms with van der Waals surface area (Å²) in [7, 11) is -16.7. The van der Waals surface area contributed by atoms with E-state index in [4.69, 9.17) is 0 Å². The molecule has 0 aromatic heterocycles. The Kier molecular flexibility index (Phi) is 18.6. The van der Waals surface area contributed by atoms with E-state index in [0.717, 1.165) is 27.2 Å². The van der Waals surface area contributed by atoms with E-state index >= 15 is 8.42 Å². The second-order valence-electron chi connectivity index (χ2n) is 20.2. The molecule has 0 atom stereocenters. The molecule has 15 nitrogen and oxygen atoms in total. The van der Waals surface area contributed by atoms with Crippen LogP contribution in [-0.2, 0) is 40.1 Å². The number of sulfonamides is 4. The molecule has 0 saturated heterocycles. The molecule has 406 valence electrons. The Labute approximate surface area is 446 Å². The van der Waals surface area contributed by atoms with Gasteiger partial charge in [-0.15, -0.1) is 0 Å². The molecule has 2 amide bonds. The van der Waals surface area contributed by atoms with Gasteiger partial charge in [-0.1, -0.05) is 82.9 Å². The summed E-state index contributed by atoms with van der Waals surface area (Å²) in [6, 6.07) is 20.8. The monoisotopic (exact) mass is 1100 g/mol. The molecular formula is C56H73N5O10S4. The molecule has 1 aliphatic heterocycles. The van der Waals surface area contributed by atoms with Crippen LogP contribution >= 0.6 is 0 Å². The van der Waals surface area contributed by atoms with Gasteiger partial charge >= 0.3 is 0 Å². The zero-order valence-electron chi connectivity index (χ0n) is 45.4. The Hall–Kier alpha value is -5.12. The van der Waals surface area contributed by atoms with Crippen LogP contribution in [0.25, 0.3) is 0 Å². The second-order valence-corrected chi connectivity index (χ2v) is 27.6. The van der Waals surface area contributed by atoms with Gasteiger partial charge in [-0.05, 0) is 165 Å². The Morgan fingerprint density at radius 2 is 0.653 bits per heavy atom. The summed E-state index contributed by atoms with van der Waals surface area (Å²) < 4.78 is 123. The topological polar surface area (TPSA) is 196 Å². The van der Waals surface area contributed by atoms with E-state index in [9.17, 15) is 34.8 Å². The van der Waals surface area contributed by atoms with Gasteiger partial charge < -0.3 is 0 Å². The molecule has 0 bridgehead atoms. The van der Waals surface area contributed by atoms with E-state index in [-0.39, 0.29) is 109 Å². The third-order valence-corrected chi connectivity index (χ3v) is 22.0. The Morgan fingerprint density at radius 1 is 0.387 bits per heavy atom. The Morgan fingerprint density at radius 3 is 0.960 bits per heavy atom. The molecular weight excluding hydrogens is 1030 g/mol. The SMILES string of the molecule is Cc1cc(C)c(S(=O)(=O)NCCCN(CCCN(CCCN(CCCN2C(=O)c3ccccc3C2=O)S(=O)(=O)c2c(C)cc(C)cc2C)S(=O)(=O)c2c(C)cc(C)cc2C)S(=O)(=O)c2c(C)cc(C)cc2C)c(C)c1. The van der Waals surface area contributed by atoms with Crippen molar-refractivity contribution in [2.24, 2.45) is 0 Å². The van der Waals surface area contributed by atoms with E-state index in [0.29, 0.717) is 44.5 Å². The number of nitrogens with zero attached hydrogens (tertiary/aromatic N) is 4. The highest BCUT2D eigenvalue weighted by Gasteiger charge is 2.36. The van der Waals surface area contributed by atoms with Crippen molar-refractivity contribution >= 4 is 51.9 Å². The molecule has 0 saturated carbocycles. The second kappa shape index (κ2) is 23.6. The van der Waals surface area contributed by atoms with E-state index in [1.165, 1.54) is 12.9 Å². The van der Waals surface area contributed by atoms with Gasteiger partial charge in [0.2, 0.25) is 40.1 Å². The molecule has 0 unspecified atom stereocenters. The molecule has 75 heavy (non-hydrogen) atoms. The maximum Gasteiger partial charge on any atom is 0.261 e. The van der Waals surface area contributed by atoms with Crippen molar-refractivity contribution in [3.8, 4) is 0 Å². The number of rotatable bonds is 24. The maximum absolute atomic E-state index is 15.0. The first kappa shape index (κ1) is 59.1. The summed E-state index contributed by atoms with van der Waals surface area (Å²) in [6.45, 7) is 20.5. The minimum absolute atomic E-state index is 0.0310. The van der Waals surface area contributed by atoms with Gasteiger partial charge in [-0.2, -0.15) is 12.9 Å². The van der Waals surface area contributed by atoms with Gasteiger partial charge in [0, 0.05) is 52.4 Å². The third-order valence-electron chi connectivity index (χ3n) is 13.7. The zero-order valence-corrected chi connectivity index (χ0v) is 48.7. The predicted molar refractivity (Wildman–Crippen MR) is 294 cm³/mol. The fourth-order valence-corrected chi connectivity index (χ4v) is 18.3. The Bertz CT molecular complexity index is 3360. The number of fused-ring (bicyclic) bond motifs is 1. The molecule has 1 aliphatic rings. The molecule has 5 aromatic carbocycles. The molecule has 1 heterocycles. The highest BCUT2D eigenvalue weighted by molar-refractivity contribution is 7.90. The molecule has 6 rings (SSSR count). The quantitative estimate of drug-likeness (QED) is 0.0462. The fourth-order valence-electron chi connectivity index (χ4n) is 11.0. The van der Waals surface area contributed by atoms with Crippen LogP contribution in [0.2, 0.25) is 0 Å². The van der Waals surface area contributed by atoms with Gasteiger partial charge in [0.15, 0.2) is 0 Å². The van der Waals surface area contributed by atoms with Crippen molar-refractivity contribution in [3.63, 3.8) is 0 Å². The first-order valence-corrected chi connectivity index (χ1v) is 31.1. The largest absolute Gasteiger partial charge is 0.274 e. The number of benzene rings is 5. The smallest absolute Gasteiger partial charge is 0.261 e. The number of aryl methyl sites for hydroxylation is 12. The summed E-state index contributed by atoms with van der Waals surface area (Å²) in [4.78, 5) is 28.2. The molecule has 0 aliphatic carbocycles. The number of hydrogen-bond acceptors (Lipinski definition) is 10. The van der Waals surface area contributed by atoms with Crippen molar-refractivity contribution in [2.75, 3.05) is 52.4 Å². The van der Waals surface area contributed by atoms with Crippen LogP contribution in [0.4, 0.5) is 0 Å². The van der Waals surface area contributed by atoms with Gasteiger partial charge in [0.1, 0.15) is 0 Å². The van der Waals surface area contributed by atoms with E-state index in [1.54, 1.807) is 128 Å². The lowest BCUT2D eigenvalue weighted by Crippen LogP contribution is -2.40. The van der Waals surface area contributed by atoms with Crippen molar-refractivity contribution in [1.82, 2.24) is 22.5 Å². The fraction of sp³-hybridized carbons (Fsp3) is 0.429. The third kappa shape index (κ3) is 13.0. The highest BCUT2D eigenvalue weighted by atomic mass is 32.2. The first-order chi connectivity index (χ1) is 35.0. The van der Waals surface area contributed by atoms with Crippen LogP contribution in [0.3, 0.4) is 0 Å². The van der Waals surface area contributed by atoms with Crippen LogP contribution in [0.5, 0.6) is 0 Å². The van der Waals surface area contributed by atoms with Crippen LogP contribution in [-0.4, -0.2) is 116 Å². The van der Waals surface area contributed by atoms with Crippen molar-refractivity contribution in [3.05, 3.63) is 151 Å². The summed E-state index contributed by atoms with van der Waals surface area (Å²) in [5, 5.41) is 0. The van der Waals surface area contributed by atoms with Gasteiger partial charge in [0.25, 0.3) is 11.8 Å². The molecule has 0 fully saturated rings. The summed E-state index contributed by atoms with van der Waals surface area (Å²) >= 11 is 0. The minimum Gasteiger partial charge on any atom is -0.274 e. The van der Waals surface area contributed by atoms with Gasteiger partial charge in [0.05, 0.1) is 30.7 Å². The lowest BCUT2D eigenvalue weighted by atomic mass is 10.1.